The second-order valence-electron chi connectivity index (χ2n) is 4.12. The standard InChI is InChI=1S/C12H16ClFN2/c13-10-5-3-6-11(14)12(10)16-8-9-4-1-2-7-15-9/h3,5-6,9,15-16H,1-2,4,7-8H2. The molecule has 16 heavy (non-hydrogen) atoms. The highest BCUT2D eigenvalue weighted by Gasteiger charge is 2.13. The molecule has 0 amide bonds. The van der Waals surface area contributed by atoms with Gasteiger partial charge in [0.15, 0.2) is 0 Å². The van der Waals surface area contributed by atoms with E-state index >= 15 is 0 Å². The van der Waals surface area contributed by atoms with E-state index in [9.17, 15) is 4.39 Å². The minimum Gasteiger partial charge on any atom is -0.380 e. The molecule has 1 fully saturated rings. The molecule has 1 aliphatic heterocycles. The maximum atomic E-state index is 13.4. The minimum atomic E-state index is -0.289. The van der Waals surface area contributed by atoms with Gasteiger partial charge in [-0.25, -0.2) is 4.39 Å². The Morgan fingerprint density at radius 2 is 2.31 bits per heavy atom. The second kappa shape index (κ2) is 5.51. The van der Waals surface area contributed by atoms with Crippen molar-refractivity contribution >= 4 is 17.3 Å². The molecule has 0 spiro atoms. The summed E-state index contributed by atoms with van der Waals surface area (Å²) in [6.45, 7) is 1.78. The molecule has 1 heterocycles. The molecule has 1 unspecified atom stereocenters. The number of para-hydroxylation sites is 1. The number of hydrogen-bond acceptors (Lipinski definition) is 2. The topological polar surface area (TPSA) is 24.1 Å². The second-order valence-corrected chi connectivity index (χ2v) is 4.53. The third-order valence-corrected chi connectivity index (χ3v) is 3.22. The molecule has 2 N–H and O–H groups in total. The summed E-state index contributed by atoms with van der Waals surface area (Å²) < 4.78 is 13.4. The number of piperidine rings is 1. The van der Waals surface area contributed by atoms with E-state index in [1.165, 1.54) is 18.9 Å². The molecule has 1 aliphatic rings. The van der Waals surface area contributed by atoms with Crippen molar-refractivity contribution in [1.29, 1.82) is 0 Å². The fraction of sp³-hybridized carbons (Fsp3) is 0.500. The molecule has 1 aromatic rings. The summed E-state index contributed by atoms with van der Waals surface area (Å²) in [5, 5.41) is 6.92. The van der Waals surface area contributed by atoms with Gasteiger partial charge in [-0.3, -0.25) is 0 Å². The van der Waals surface area contributed by atoms with Crippen molar-refractivity contribution < 1.29 is 4.39 Å². The maximum Gasteiger partial charge on any atom is 0.147 e. The Labute approximate surface area is 100 Å². The molecular weight excluding hydrogens is 227 g/mol. The summed E-state index contributed by atoms with van der Waals surface area (Å²) in [6.07, 6.45) is 3.61. The van der Waals surface area contributed by atoms with Gasteiger partial charge in [0.1, 0.15) is 5.82 Å². The minimum absolute atomic E-state index is 0.289. The zero-order valence-electron chi connectivity index (χ0n) is 9.10. The molecule has 0 aromatic heterocycles. The predicted octanol–water partition coefficient (Wildman–Crippen LogP) is 3.03. The van der Waals surface area contributed by atoms with Gasteiger partial charge < -0.3 is 10.6 Å². The largest absolute Gasteiger partial charge is 0.380 e. The highest BCUT2D eigenvalue weighted by molar-refractivity contribution is 6.33. The number of anilines is 1. The lowest BCUT2D eigenvalue weighted by Gasteiger charge is -2.24. The molecule has 1 aromatic carbocycles. The predicted molar refractivity (Wildman–Crippen MR) is 65.5 cm³/mol. The Balaban J connectivity index is 1.93. The van der Waals surface area contributed by atoms with Gasteiger partial charge in [-0.05, 0) is 31.5 Å². The first-order chi connectivity index (χ1) is 7.77. The molecule has 88 valence electrons. The summed E-state index contributed by atoms with van der Waals surface area (Å²) in [7, 11) is 0. The molecule has 0 bridgehead atoms. The third kappa shape index (κ3) is 2.86. The van der Waals surface area contributed by atoms with E-state index in [1.807, 2.05) is 0 Å². The number of nitrogens with one attached hydrogen (secondary N) is 2. The van der Waals surface area contributed by atoms with Crippen LogP contribution in [0.5, 0.6) is 0 Å². The zero-order chi connectivity index (χ0) is 11.4. The number of halogens is 2. The van der Waals surface area contributed by atoms with Crippen LogP contribution in [0.15, 0.2) is 18.2 Å². The highest BCUT2D eigenvalue weighted by atomic mass is 35.5. The monoisotopic (exact) mass is 242 g/mol. The molecular formula is C12H16ClFN2. The van der Waals surface area contributed by atoms with Crippen molar-refractivity contribution in [2.45, 2.75) is 25.3 Å². The first-order valence-corrected chi connectivity index (χ1v) is 6.06. The third-order valence-electron chi connectivity index (χ3n) is 2.90. The fourth-order valence-electron chi connectivity index (χ4n) is 1.99. The number of rotatable bonds is 3. The van der Waals surface area contributed by atoms with Gasteiger partial charge in [-0.15, -0.1) is 0 Å². The van der Waals surface area contributed by atoms with Crippen molar-refractivity contribution in [1.82, 2.24) is 5.32 Å². The SMILES string of the molecule is Fc1cccc(Cl)c1NCC1CCCCN1. The highest BCUT2D eigenvalue weighted by Crippen LogP contribution is 2.24. The lowest BCUT2D eigenvalue weighted by molar-refractivity contribution is 0.414. The van der Waals surface area contributed by atoms with Crippen LogP contribution in [0.25, 0.3) is 0 Å². The van der Waals surface area contributed by atoms with Crippen LogP contribution >= 0.6 is 11.6 Å². The molecule has 2 nitrogen and oxygen atoms in total. The van der Waals surface area contributed by atoms with Crippen LogP contribution in [0.4, 0.5) is 10.1 Å². The number of hydrogen-bond donors (Lipinski definition) is 2. The van der Waals surface area contributed by atoms with Gasteiger partial charge in [0.2, 0.25) is 0 Å². The molecule has 0 radical (unpaired) electrons. The van der Waals surface area contributed by atoms with Gasteiger partial charge in [0.05, 0.1) is 10.7 Å². The average Bonchev–Trinajstić information content (AvgIpc) is 2.30. The van der Waals surface area contributed by atoms with E-state index in [0.29, 0.717) is 16.8 Å². The van der Waals surface area contributed by atoms with Gasteiger partial charge >= 0.3 is 0 Å². The summed E-state index contributed by atoms with van der Waals surface area (Å²) in [6, 6.07) is 5.15. The van der Waals surface area contributed by atoms with E-state index in [2.05, 4.69) is 10.6 Å². The normalized spacial score (nSPS) is 20.8. The first kappa shape index (κ1) is 11.7. The van der Waals surface area contributed by atoms with E-state index in [1.54, 1.807) is 12.1 Å². The van der Waals surface area contributed by atoms with Gasteiger partial charge in [0.25, 0.3) is 0 Å². The van der Waals surface area contributed by atoms with Crippen molar-refractivity contribution in [2.24, 2.45) is 0 Å². The molecule has 1 saturated heterocycles. The van der Waals surface area contributed by atoms with E-state index < -0.39 is 0 Å². The van der Waals surface area contributed by atoms with Gasteiger partial charge in [0, 0.05) is 12.6 Å². The van der Waals surface area contributed by atoms with Crippen molar-refractivity contribution in [3.63, 3.8) is 0 Å². The zero-order valence-corrected chi connectivity index (χ0v) is 9.86. The van der Waals surface area contributed by atoms with Crippen molar-refractivity contribution in [2.75, 3.05) is 18.4 Å². The molecule has 0 aliphatic carbocycles. The van der Waals surface area contributed by atoms with Crippen LogP contribution in [0, 0.1) is 5.82 Å². The van der Waals surface area contributed by atoms with Gasteiger partial charge in [-0.2, -0.15) is 0 Å². The summed E-state index contributed by atoms with van der Waals surface area (Å²) in [4.78, 5) is 0. The quantitative estimate of drug-likeness (QED) is 0.852. The van der Waals surface area contributed by atoms with E-state index in [0.717, 1.165) is 19.5 Å². The smallest absolute Gasteiger partial charge is 0.147 e. The van der Waals surface area contributed by atoms with Crippen LogP contribution in [0.3, 0.4) is 0 Å². The van der Waals surface area contributed by atoms with Crippen LogP contribution in [0.1, 0.15) is 19.3 Å². The summed E-state index contributed by atoms with van der Waals surface area (Å²) >= 11 is 5.92. The Morgan fingerprint density at radius 1 is 1.44 bits per heavy atom. The Bertz CT molecular complexity index is 331. The maximum absolute atomic E-state index is 13.4. The summed E-state index contributed by atoms with van der Waals surface area (Å²) in [5.41, 5.74) is 0.413. The van der Waals surface area contributed by atoms with Crippen molar-refractivity contribution in [3.8, 4) is 0 Å². The van der Waals surface area contributed by atoms with E-state index in [4.69, 9.17) is 11.6 Å². The Morgan fingerprint density at radius 3 is 3.00 bits per heavy atom. The fourth-order valence-corrected chi connectivity index (χ4v) is 2.22. The Hall–Kier alpha value is -0.800. The first-order valence-electron chi connectivity index (χ1n) is 5.68. The van der Waals surface area contributed by atoms with Gasteiger partial charge in [-0.1, -0.05) is 24.1 Å². The molecule has 0 saturated carbocycles. The number of benzene rings is 1. The molecule has 1 atom stereocenters. The van der Waals surface area contributed by atoms with Crippen LogP contribution < -0.4 is 10.6 Å². The lowest BCUT2D eigenvalue weighted by atomic mass is 10.1. The van der Waals surface area contributed by atoms with Crippen LogP contribution in [0.2, 0.25) is 5.02 Å². The van der Waals surface area contributed by atoms with E-state index in [-0.39, 0.29) is 5.82 Å². The van der Waals surface area contributed by atoms with Crippen molar-refractivity contribution in [3.05, 3.63) is 29.0 Å². The van der Waals surface area contributed by atoms with Crippen LogP contribution in [-0.4, -0.2) is 19.1 Å². The lowest BCUT2D eigenvalue weighted by Crippen LogP contribution is -2.39. The average molecular weight is 243 g/mol. The Kier molecular flexibility index (Phi) is 4.02. The van der Waals surface area contributed by atoms with Crippen LogP contribution in [-0.2, 0) is 0 Å². The summed E-state index contributed by atoms with van der Waals surface area (Å²) in [5.74, 6) is -0.289. The molecule has 2 rings (SSSR count). The molecule has 4 heteroatoms.